The zero-order valence-corrected chi connectivity index (χ0v) is 17.2. The van der Waals surface area contributed by atoms with Crippen molar-refractivity contribution in [3.05, 3.63) is 65.0 Å². The molecule has 1 saturated carbocycles. The van der Waals surface area contributed by atoms with Crippen LogP contribution >= 0.6 is 0 Å². The molecule has 28 heavy (non-hydrogen) atoms. The van der Waals surface area contributed by atoms with Gasteiger partial charge in [-0.3, -0.25) is 0 Å². The number of nitrogens with zero attached hydrogens (tertiary/aromatic N) is 4. The number of benzene rings is 2. The second-order valence-corrected chi connectivity index (χ2v) is 8.52. The van der Waals surface area contributed by atoms with Crippen molar-refractivity contribution in [2.75, 3.05) is 5.32 Å². The predicted octanol–water partition coefficient (Wildman–Crippen LogP) is 5.11. The van der Waals surface area contributed by atoms with Crippen molar-refractivity contribution >= 4 is 5.69 Å². The van der Waals surface area contributed by atoms with Gasteiger partial charge >= 0.3 is 0 Å². The lowest BCUT2D eigenvalue weighted by Crippen LogP contribution is -2.41. The summed E-state index contributed by atoms with van der Waals surface area (Å²) >= 11 is 0. The highest BCUT2D eigenvalue weighted by molar-refractivity contribution is 5.51. The number of hydrogen-bond acceptors (Lipinski definition) is 4. The van der Waals surface area contributed by atoms with Gasteiger partial charge in [-0.25, -0.2) is 0 Å². The molecule has 0 radical (unpaired) electrons. The smallest absolute Gasteiger partial charge is 0.181 e. The largest absolute Gasteiger partial charge is 0.373 e. The number of anilines is 1. The molecular weight excluding hydrogens is 346 g/mol. The zero-order chi connectivity index (χ0) is 19.7. The number of nitrogens with one attached hydrogen (secondary N) is 1. The van der Waals surface area contributed by atoms with Crippen LogP contribution in [0.5, 0.6) is 0 Å². The summed E-state index contributed by atoms with van der Waals surface area (Å²) in [5, 5.41) is 16.8. The van der Waals surface area contributed by atoms with Crippen LogP contribution in [0, 0.1) is 26.7 Å². The summed E-state index contributed by atoms with van der Waals surface area (Å²) in [4.78, 5) is 0. The van der Waals surface area contributed by atoms with E-state index in [0.29, 0.717) is 0 Å². The Morgan fingerprint density at radius 2 is 1.57 bits per heavy atom. The fourth-order valence-electron chi connectivity index (χ4n) is 4.33. The zero-order valence-electron chi connectivity index (χ0n) is 17.2. The van der Waals surface area contributed by atoms with Crippen LogP contribution in [0.2, 0.25) is 0 Å². The van der Waals surface area contributed by atoms with Crippen LogP contribution in [-0.4, -0.2) is 20.2 Å². The maximum Gasteiger partial charge on any atom is 0.181 e. The summed E-state index contributed by atoms with van der Waals surface area (Å²) in [5.41, 5.74) is 5.64. The van der Waals surface area contributed by atoms with Gasteiger partial charge in [0, 0.05) is 5.69 Å². The van der Waals surface area contributed by atoms with Gasteiger partial charge in [-0.2, -0.15) is 4.68 Å². The van der Waals surface area contributed by atoms with E-state index in [2.05, 4.69) is 91.0 Å². The predicted molar refractivity (Wildman–Crippen MR) is 113 cm³/mol. The Hall–Kier alpha value is -2.69. The lowest BCUT2D eigenvalue weighted by atomic mass is 9.76. The molecule has 146 valence electrons. The Bertz CT molecular complexity index is 929. The number of rotatable bonds is 4. The number of tetrazole rings is 1. The van der Waals surface area contributed by atoms with E-state index in [1.165, 1.54) is 29.5 Å². The molecule has 1 aromatic heterocycles. The average molecular weight is 376 g/mol. The van der Waals surface area contributed by atoms with Gasteiger partial charge in [0.25, 0.3) is 0 Å². The molecule has 1 N–H and O–H groups in total. The maximum atomic E-state index is 4.52. The van der Waals surface area contributed by atoms with Gasteiger partial charge in [-0.05, 0) is 98.2 Å². The van der Waals surface area contributed by atoms with E-state index in [9.17, 15) is 0 Å². The third-order valence-corrected chi connectivity index (χ3v) is 5.91. The number of aryl methyl sites for hydroxylation is 3. The van der Waals surface area contributed by atoms with E-state index >= 15 is 0 Å². The third kappa shape index (κ3) is 3.66. The SMILES string of the molecule is Cc1ccc(-n2nnnc2C2(Nc3cc(C)cc(C)c3)CCC(C)CC2)cc1. The van der Waals surface area contributed by atoms with Gasteiger partial charge in [0.15, 0.2) is 5.82 Å². The molecule has 3 aromatic rings. The highest BCUT2D eigenvalue weighted by Gasteiger charge is 2.41. The van der Waals surface area contributed by atoms with Crippen LogP contribution in [-0.2, 0) is 5.54 Å². The molecular formula is C23H29N5. The maximum absolute atomic E-state index is 4.52. The van der Waals surface area contributed by atoms with Crippen molar-refractivity contribution in [1.29, 1.82) is 0 Å². The Kier molecular flexibility index (Phi) is 4.92. The van der Waals surface area contributed by atoms with Crippen LogP contribution < -0.4 is 5.32 Å². The molecule has 1 aliphatic rings. The van der Waals surface area contributed by atoms with Crippen molar-refractivity contribution < 1.29 is 0 Å². The van der Waals surface area contributed by atoms with E-state index in [1.807, 2.05) is 4.68 Å². The van der Waals surface area contributed by atoms with E-state index < -0.39 is 0 Å². The fraction of sp³-hybridized carbons (Fsp3) is 0.435. The van der Waals surface area contributed by atoms with Crippen molar-refractivity contribution in [3.8, 4) is 5.69 Å². The van der Waals surface area contributed by atoms with Crippen LogP contribution in [0.25, 0.3) is 5.69 Å². The molecule has 0 atom stereocenters. The van der Waals surface area contributed by atoms with Gasteiger partial charge < -0.3 is 5.32 Å². The molecule has 0 aliphatic heterocycles. The summed E-state index contributed by atoms with van der Waals surface area (Å²) in [6.07, 6.45) is 4.37. The Morgan fingerprint density at radius 3 is 2.21 bits per heavy atom. The van der Waals surface area contributed by atoms with E-state index in [0.717, 1.165) is 36.0 Å². The highest BCUT2D eigenvalue weighted by atomic mass is 15.6. The first-order valence-electron chi connectivity index (χ1n) is 10.2. The van der Waals surface area contributed by atoms with Crippen LogP contribution in [0.4, 0.5) is 5.69 Å². The lowest BCUT2D eigenvalue weighted by molar-refractivity contribution is 0.255. The van der Waals surface area contributed by atoms with E-state index in [-0.39, 0.29) is 5.54 Å². The molecule has 2 aromatic carbocycles. The van der Waals surface area contributed by atoms with Gasteiger partial charge in [0.2, 0.25) is 0 Å². The topological polar surface area (TPSA) is 55.6 Å². The summed E-state index contributed by atoms with van der Waals surface area (Å²) < 4.78 is 1.91. The molecule has 5 heteroatoms. The lowest BCUT2D eigenvalue weighted by Gasteiger charge is -2.39. The van der Waals surface area contributed by atoms with Gasteiger partial charge in [-0.15, -0.1) is 5.10 Å². The third-order valence-electron chi connectivity index (χ3n) is 5.91. The molecule has 5 nitrogen and oxygen atoms in total. The number of aromatic nitrogens is 4. The van der Waals surface area contributed by atoms with E-state index in [4.69, 9.17) is 0 Å². The minimum absolute atomic E-state index is 0.263. The standard InChI is InChI=1S/C23H29N5/c1-16-5-7-21(8-6-16)28-22(25-26-27-28)23(11-9-17(2)10-12-23)24-20-14-18(3)13-19(4)15-20/h5-8,13-15,17,24H,9-12H2,1-4H3. The highest BCUT2D eigenvalue weighted by Crippen LogP contribution is 2.41. The summed E-state index contributed by atoms with van der Waals surface area (Å²) in [7, 11) is 0. The Balaban J connectivity index is 1.77. The molecule has 0 unspecified atom stereocenters. The summed E-state index contributed by atoms with van der Waals surface area (Å²) in [5.74, 6) is 1.64. The molecule has 0 spiro atoms. The second-order valence-electron chi connectivity index (χ2n) is 8.52. The first kappa shape index (κ1) is 18.7. The van der Waals surface area contributed by atoms with Crippen molar-refractivity contribution in [2.24, 2.45) is 5.92 Å². The molecule has 0 bridgehead atoms. The summed E-state index contributed by atoms with van der Waals surface area (Å²) in [6.45, 7) is 8.72. The minimum atomic E-state index is -0.263. The van der Waals surface area contributed by atoms with Crippen molar-refractivity contribution in [2.45, 2.75) is 58.9 Å². The van der Waals surface area contributed by atoms with Crippen LogP contribution in [0.3, 0.4) is 0 Å². The van der Waals surface area contributed by atoms with Gasteiger partial charge in [0.05, 0.1) is 11.2 Å². The first-order valence-corrected chi connectivity index (χ1v) is 10.2. The quantitative estimate of drug-likeness (QED) is 0.689. The fourth-order valence-corrected chi connectivity index (χ4v) is 4.33. The second kappa shape index (κ2) is 7.38. The molecule has 0 saturated heterocycles. The average Bonchev–Trinajstić information content (AvgIpc) is 3.14. The van der Waals surface area contributed by atoms with Crippen molar-refractivity contribution in [1.82, 2.24) is 20.2 Å². The monoisotopic (exact) mass is 375 g/mol. The van der Waals surface area contributed by atoms with Crippen LogP contribution in [0.15, 0.2) is 42.5 Å². The molecule has 0 amide bonds. The Labute approximate surface area is 167 Å². The van der Waals surface area contributed by atoms with Crippen LogP contribution in [0.1, 0.15) is 55.1 Å². The minimum Gasteiger partial charge on any atom is -0.373 e. The van der Waals surface area contributed by atoms with Crippen molar-refractivity contribution in [3.63, 3.8) is 0 Å². The Morgan fingerprint density at radius 1 is 0.929 bits per heavy atom. The number of hydrogen-bond donors (Lipinski definition) is 1. The van der Waals surface area contributed by atoms with Gasteiger partial charge in [0.1, 0.15) is 0 Å². The molecule has 1 aliphatic carbocycles. The molecule has 4 rings (SSSR count). The molecule has 1 heterocycles. The summed E-state index contributed by atoms with van der Waals surface area (Å²) in [6, 6.07) is 15.0. The molecule has 1 fully saturated rings. The van der Waals surface area contributed by atoms with E-state index in [1.54, 1.807) is 0 Å². The first-order chi connectivity index (χ1) is 13.4. The van der Waals surface area contributed by atoms with Gasteiger partial charge in [-0.1, -0.05) is 30.7 Å². The normalized spacial score (nSPS) is 22.2.